The molecule has 0 bridgehead atoms. The van der Waals surface area contributed by atoms with Gasteiger partial charge in [0.25, 0.3) is 0 Å². The lowest BCUT2D eigenvalue weighted by Gasteiger charge is -2.30. The van der Waals surface area contributed by atoms with E-state index in [1.807, 2.05) is 0 Å². The van der Waals surface area contributed by atoms with Gasteiger partial charge in [-0.05, 0) is 25.1 Å². The monoisotopic (exact) mass is 248 g/mol. The average Bonchev–Trinajstić information content (AvgIpc) is 2.24. The number of rotatable bonds is 3. The van der Waals surface area contributed by atoms with Gasteiger partial charge in [-0.1, -0.05) is 0 Å². The third-order valence-electron chi connectivity index (χ3n) is 3.11. The van der Waals surface area contributed by atoms with Crippen molar-refractivity contribution in [2.45, 2.75) is 12.5 Å². The third kappa shape index (κ3) is 2.14. The van der Waals surface area contributed by atoms with Gasteiger partial charge in [0.2, 0.25) is 5.91 Å². The zero-order valence-electron chi connectivity index (χ0n) is 10.1. The van der Waals surface area contributed by atoms with Crippen molar-refractivity contribution < 1.29 is 9.90 Å². The molecule has 1 atom stereocenters. The van der Waals surface area contributed by atoms with Crippen molar-refractivity contribution in [2.75, 3.05) is 18.5 Å². The molecule has 6 heteroatoms. The molecule has 0 radical (unpaired) electrons. The Morgan fingerprint density at radius 3 is 2.72 bits per heavy atom. The van der Waals surface area contributed by atoms with Crippen molar-refractivity contribution in [2.24, 2.45) is 5.73 Å². The molecular formula is C12H16N4O2. The van der Waals surface area contributed by atoms with E-state index in [1.165, 1.54) is 17.0 Å². The van der Waals surface area contributed by atoms with Crippen molar-refractivity contribution in [3.63, 3.8) is 0 Å². The lowest BCUT2D eigenvalue weighted by molar-refractivity contribution is -0.121. The van der Waals surface area contributed by atoms with Crippen LogP contribution in [0, 0.1) is 5.41 Å². The van der Waals surface area contributed by atoms with Crippen LogP contribution in [0.25, 0.3) is 0 Å². The molecule has 6 nitrogen and oxygen atoms in total. The van der Waals surface area contributed by atoms with E-state index in [4.69, 9.17) is 11.1 Å². The van der Waals surface area contributed by atoms with E-state index >= 15 is 0 Å². The summed E-state index contributed by atoms with van der Waals surface area (Å²) in [7, 11) is 1.66. The maximum absolute atomic E-state index is 12.0. The second kappa shape index (κ2) is 4.66. The molecule has 0 unspecified atom stereocenters. The Bertz CT molecular complexity index is 497. The average molecular weight is 248 g/mol. The molecule has 18 heavy (non-hydrogen) atoms. The Balaban J connectivity index is 2.20. The normalized spacial score (nSPS) is 17.9. The van der Waals surface area contributed by atoms with Crippen LogP contribution >= 0.6 is 0 Å². The fourth-order valence-electron chi connectivity index (χ4n) is 1.82. The number of amidine groups is 1. The van der Waals surface area contributed by atoms with E-state index in [2.05, 4.69) is 5.32 Å². The van der Waals surface area contributed by atoms with Crippen LogP contribution in [-0.4, -0.2) is 36.5 Å². The van der Waals surface area contributed by atoms with Gasteiger partial charge in [0, 0.05) is 18.8 Å². The number of nitrogen functional groups attached to an aromatic ring is 1. The van der Waals surface area contributed by atoms with Crippen molar-refractivity contribution in [1.29, 1.82) is 5.41 Å². The van der Waals surface area contributed by atoms with Crippen LogP contribution in [0.3, 0.4) is 0 Å². The van der Waals surface area contributed by atoms with Crippen molar-refractivity contribution in [3.8, 4) is 5.75 Å². The number of benzene rings is 1. The highest BCUT2D eigenvalue weighted by Crippen LogP contribution is 2.24. The SMILES string of the molecule is CN(C(=O)[C@@H]1CCN1)c1ccc(C(=N)N)c(O)c1. The second-order valence-electron chi connectivity index (χ2n) is 4.31. The molecule has 1 saturated heterocycles. The van der Waals surface area contributed by atoms with E-state index < -0.39 is 0 Å². The minimum atomic E-state index is -0.200. The molecule has 0 spiro atoms. The highest BCUT2D eigenvalue weighted by atomic mass is 16.3. The first-order valence-corrected chi connectivity index (χ1v) is 5.69. The lowest BCUT2D eigenvalue weighted by atomic mass is 10.1. The van der Waals surface area contributed by atoms with Crippen LogP contribution < -0.4 is 16.0 Å². The van der Waals surface area contributed by atoms with E-state index in [-0.39, 0.29) is 29.1 Å². The molecule has 1 fully saturated rings. The van der Waals surface area contributed by atoms with Gasteiger partial charge in [0.15, 0.2) is 0 Å². The molecule has 0 saturated carbocycles. The summed E-state index contributed by atoms with van der Waals surface area (Å²) in [6, 6.07) is 4.50. The van der Waals surface area contributed by atoms with Gasteiger partial charge in [-0.3, -0.25) is 10.2 Å². The van der Waals surface area contributed by atoms with Gasteiger partial charge in [0.1, 0.15) is 11.6 Å². The number of nitrogens with zero attached hydrogens (tertiary/aromatic N) is 1. The smallest absolute Gasteiger partial charge is 0.243 e. The molecule has 1 amide bonds. The highest BCUT2D eigenvalue weighted by molar-refractivity contribution is 6.00. The predicted octanol–water partition coefficient (Wildman–Crippen LogP) is 0.000970. The topological polar surface area (TPSA) is 102 Å². The molecule has 1 heterocycles. The first-order valence-electron chi connectivity index (χ1n) is 5.69. The maximum atomic E-state index is 12.0. The van der Waals surface area contributed by atoms with Gasteiger partial charge in [-0.2, -0.15) is 0 Å². The van der Waals surface area contributed by atoms with E-state index in [9.17, 15) is 9.90 Å². The third-order valence-corrected chi connectivity index (χ3v) is 3.11. The summed E-state index contributed by atoms with van der Waals surface area (Å²) in [5.41, 5.74) is 6.16. The number of likely N-dealkylation sites (N-methyl/N-ethyl adjacent to an activating group) is 1. The second-order valence-corrected chi connectivity index (χ2v) is 4.31. The summed E-state index contributed by atoms with van der Waals surface area (Å²) >= 11 is 0. The number of carbonyl (C=O) groups excluding carboxylic acids is 1. The molecule has 1 aromatic carbocycles. The summed E-state index contributed by atoms with van der Waals surface area (Å²) in [5, 5.41) is 20.0. The number of carbonyl (C=O) groups is 1. The Kier molecular flexibility index (Phi) is 3.20. The number of hydrogen-bond acceptors (Lipinski definition) is 4. The Labute approximate surface area is 105 Å². The summed E-state index contributed by atoms with van der Waals surface area (Å²) in [6.07, 6.45) is 0.834. The molecule has 0 aromatic heterocycles. The maximum Gasteiger partial charge on any atom is 0.243 e. The molecule has 1 aliphatic rings. The van der Waals surface area contributed by atoms with Crippen LogP contribution in [0.5, 0.6) is 5.75 Å². The first-order chi connectivity index (χ1) is 8.50. The van der Waals surface area contributed by atoms with Crippen molar-refractivity contribution in [3.05, 3.63) is 23.8 Å². The van der Waals surface area contributed by atoms with E-state index in [0.29, 0.717) is 5.69 Å². The lowest BCUT2D eigenvalue weighted by Crippen LogP contribution is -2.53. The largest absolute Gasteiger partial charge is 0.507 e. The summed E-state index contributed by atoms with van der Waals surface area (Å²) in [5.74, 6) is -0.328. The minimum absolute atomic E-state index is 0.0313. The molecule has 96 valence electrons. The number of amides is 1. The number of nitrogens with two attached hydrogens (primary N) is 1. The van der Waals surface area contributed by atoms with Crippen molar-refractivity contribution >= 4 is 17.4 Å². The van der Waals surface area contributed by atoms with Crippen LogP contribution in [-0.2, 0) is 4.79 Å². The molecule has 2 rings (SSSR count). The van der Waals surface area contributed by atoms with Crippen LogP contribution in [0.15, 0.2) is 18.2 Å². The van der Waals surface area contributed by atoms with E-state index in [1.54, 1.807) is 13.1 Å². The van der Waals surface area contributed by atoms with Crippen LogP contribution in [0.4, 0.5) is 5.69 Å². The van der Waals surface area contributed by atoms with Gasteiger partial charge < -0.3 is 21.1 Å². The van der Waals surface area contributed by atoms with Gasteiger partial charge in [-0.15, -0.1) is 0 Å². The minimum Gasteiger partial charge on any atom is -0.507 e. The first kappa shape index (κ1) is 12.4. The van der Waals surface area contributed by atoms with Crippen LogP contribution in [0.2, 0.25) is 0 Å². The molecule has 1 aromatic rings. The zero-order chi connectivity index (χ0) is 13.3. The Morgan fingerprint density at radius 2 is 2.28 bits per heavy atom. The number of phenolic OH excluding ortho intramolecular Hbond substituents is 1. The quantitative estimate of drug-likeness (QED) is 0.446. The number of hydrogen-bond donors (Lipinski definition) is 4. The summed E-state index contributed by atoms with van der Waals surface area (Å²) in [4.78, 5) is 13.5. The van der Waals surface area contributed by atoms with Gasteiger partial charge >= 0.3 is 0 Å². The van der Waals surface area contributed by atoms with Crippen LogP contribution in [0.1, 0.15) is 12.0 Å². The summed E-state index contributed by atoms with van der Waals surface area (Å²) < 4.78 is 0. The number of nitrogens with one attached hydrogen (secondary N) is 2. The summed E-state index contributed by atoms with van der Waals surface area (Å²) in [6.45, 7) is 0.860. The number of aromatic hydroxyl groups is 1. The Morgan fingerprint density at radius 1 is 1.61 bits per heavy atom. The van der Waals surface area contributed by atoms with Crippen molar-refractivity contribution in [1.82, 2.24) is 5.32 Å². The molecule has 1 aliphatic heterocycles. The molecular weight excluding hydrogens is 232 g/mol. The molecule has 5 N–H and O–H groups in total. The fraction of sp³-hybridized carbons (Fsp3) is 0.333. The highest BCUT2D eigenvalue weighted by Gasteiger charge is 2.28. The fourth-order valence-corrected chi connectivity index (χ4v) is 1.82. The Hall–Kier alpha value is -2.08. The van der Waals surface area contributed by atoms with Gasteiger partial charge in [-0.25, -0.2) is 0 Å². The zero-order valence-corrected chi connectivity index (χ0v) is 10.1. The standard InChI is InChI=1S/C12H16N4O2/c1-16(12(18)9-4-5-15-9)7-2-3-8(11(13)14)10(17)6-7/h2-3,6,9,15,17H,4-5H2,1H3,(H3,13,14)/t9-/m0/s1. The molecule has 0 aliphatic carbocycles. The number of phenols is 1. The van der Waals surface area contributed by atoms with E-state index in [0.717, 1.165) is 13.0 Å². The predicted molar refractivity (Wildman–Crippen MR) is 68.9 cm³/mol. The number of anilines is 1. The van der Waals surface area contributed by atoms with Gasteiger partial charge in [0.05, 0.1) is 11.6 Å².